The summed E-state index contributed by atoms with van der Waals surface area (Å²) in [7, 11) is 1.74. The number of halogens is 2. The Morgan fingerprint density at radius 2 is 1.93 bits per heavy atom. The third-order valence-electron chi connectivity index (χ3n) is 4.41. The van der Waals surface area contributed by atoms with Crippen LogP contribution in [0, 0.1) is 5.82 Å². The van der Waals surface area contributed by atoms with Gasteiger partial charge in [0.05, 0.1) is 18.7 Å². The summed E-state index contributed by atoms with van der Waals surface area (Å²) in [6, 6.07) is 6.02. The molecule has 1 aliphatic heterocycles. The monoisotopic (exact) mass is 495 g/mol. The topological polar surface area (TPSA) is 64.1 Å². The first-order valence-electron chi connectivity index (χ1n) is 9.14. The molecule has 1 saturated heterocycles. The Kier molecular flexibility index (Phi) is 10.9. The van der Waals surface area contributed by atoms with Gasteiger partial charge in [0, 0.05) is 39.7 Å². The average molecular weight is 495 g/mol. The molecule has 154 valence electrons. The number of guanidine groups is 1. The smallest absolute Gasteiger partial charge is 0.191 e. The van der Waals surface area contributed by atoms with Crippen molar-refractivity contribution in [1.82, 2.24) is 10.6 Å². The first kappa shape index (κ1) is 23.9. The van der Waals surface area contributed by atoms with E-state index in [4.69, 9.17) is 14.2 Å². The zero-order valence-corrected chi connectivity index (χ0v) is 18.6. The molecule has 0 bridgehead atoms. The molecule has 8 heteroatoms. The third-order valence-corrected chi connectivity index (χ3v) is 4.41. The lowest BCUT2D eigenvalue weighted by Gasteiger charge is -2.34. The van der Waals surface area contributed by atoms with Crippen LogP contribution in [0.3, 0.4) is 0 Å². The van der Waals surface area contributed by atoms with Gasteiger partial charge in [-0.05, 0) is 38.1 Å². The van der Waals surface area contributed by atoms with E-state index in [0.29, 0.717) is 32.1 Å². The molecular weight excluding hydrogens is 464 g/mol. The van der Waals surface area contributed by atoms with Crippen molar-refractivity contribution in [2.75, 3.05) is 40.0 Å². The Balaban J connectivity index is 0.00000364. The van der Waals surface area contributed by atoms with Crippen molar-refractivity contribution in [1.29, 1.82) is 0 Å². The Hall–Kier alpha value is -1.13. The van der Waals surface area contributed by atoms with Crippen molar-refractivity contribution in [3.05, 3.63) is 30.1 Å². The zero-order chi connectivity index (χ0) is 18.8. The predicted octanol–water partition coefficient (Wildman–Crippen LogP) is 2.96. The van der Waals surface area contributed by atoms with Crippen molar-refractivity contribution < 1.29 is 18.6 Å². The van der Waals surface area contributed by atoms with E-state index < -0.39 is 0 Å². The van der Waals surface area contributed by atoms with Crippen molar-refractivity contribution in [2.24, 2.45) is 4.99 Å². The number of methoxy groups -OCH3 is 1. The van der Waals surface area contributed by atoms with Gasteiger partial charge in [0.25, 0.3) is 0 Å². The molecule has 1 unspecified atom stereocenters. The fourth-order valence-electron chi connectivity index (χ4n) is 2.76. The van der Waals surface area contributed by atoms with Crippen molar-refractivity contribution in [2.45, 2.75) is 38.4 Å². The molecule has 0 amide bonds. The number of nitrogens with zero attached hydrogens (tertiary/aromatic N) is 1. The fraction of sp³-hybridized carbons (Fsp3) is 0.632. The highest BCUT2D eigenvalue weighted by molar-refractivity contribution is 14.0. The number of ether oxygens (including phenoxy) is 3. The van der Waals surface area contributed by atoms with Gasteiger partial charge in [-0.1, -0.05) is 0 Å². The molecule has 1 atom stereocenters. The number of hydrogen-bond acceptors (Lipinski definition) is 4. The second-order valence-electron chi connectivity index (χ2n) is 6.46. The van der Waals surface area contributed by atoms with E-state index in [-0.39, 0.29) is 41.5 Å². The SMILES string of the molecule is CCNC(=NCC1(OC)CCOCC1)NCC(C)Oc1ccc(F)cc1.I. The number of nitrogens with one attached hydrogen (secondary N) is 2. The maximum Gasteiger partial charge on any atom is 0.191 e. The zero-order valence-electron chi connectivity index (χ0n) is 16.3. The van der Waals surface area contributed by atoms with Crippen LogP contribution in [0.25, 0.3) is 0 Å². The van der Waals surface area contributed by atoms with Gasteiger partial charge in [-0.15, -0.1) is 24.0 Å². The molecular formula is C19H31FIN3O3. The van der Waals surface area contributed by atoms with E-state index >= 15 is 0 Å². The van der Waals surface area contributed by atoms with Gasteiger partial charge in [-0.25, -0.2) is 4.39 Å². The lowest BCUT2D eigenvalue weighted by atomic mass is 9.94. The minimum atomic E-state index is -0.273. The maximum atomic E-state index is 13.0. The fourth-order valence-corrected chi connectivity index (χ4v) is 2.76. The molecule has 0 spiro atoms. The number of benzene rings is 1. The van der Waals surface area contributed by atoms with Crippen LogP contribution in [-0.2, 0) is 9.47 Å². The van der Waals surface area contributed by atoms with Gasteiger partial charge >= 0.3 is 0 Å². The van der Waals surface area contributed by atoms with Crippen LogP contribution in [0.15, 0.2) is 29.3 Å². The van der Waals surface area contributed by atoms with E-state index in [1.807, 2.05) is 13.8 Å². The summed E-state index contributed by atoms with van der Waals surface area (Å²) in [5.74, 6) is 1.10. The summed E-state index contributed by atoms with van der Waals surface area (Å²) >= 11 is 0. The summed E-state index contributed by atoms with van der Waals surface area (Å²) in [6.45, 7) is 7.31. The lowest BCUT2D eigenvalue weighted by molar-refractivity contribution is -0.0828. The molecule has 1 aromatic carbocycles. The van der Waals surface area contributed by atoms with Crippen molar-refractivity contribution in [3.63, 3.8) is 0 Å². The van der Waals surface area contributed by atoms with E-state index in [9.17, 15) is 4.39 Å². The quantitative estimate of drug-likeness (QED) is 0.330. The van der Waals surface area contributed by atoms with E-state index in [1.54, 1.807) is 19.2 Å². The minimum Gasteiger partial charge on any atom is -0.489 e. The normalized spacial score (nSPS) is 17.6. The van der Waals surface area contributed by atoms with Gasteiger partial charge in [0.1, 0.15) is 17.7 Å². The molecule has 27 heavy (non-hydrogen) atoms. The summed E-state index contributed by atoms with van der Waals surface area (Å²) in [5.41, 5.74) is -0.253. The van der Waals surface area contributed by atoms with Crippen molar-refractivity contribution >= 4 is 29.9 Å². The second-order valence-corrected chi connectivity index (χ2v) is 6.46. The third kappa shape index (κ3) is 8.18. The van der Waals surface area contributed by atoms with Crippen LogP contribution in [-0.4, -0.2) is 57.6 Å². The summed E-state index contributed by atoms with van der Waals surface area (Å²) in [6.07, 6.45) is 1.59. The van der Waals surface area contributed by atoms with E-state index in [1.165, 1.54) is 12.1 Å². The molecule has 1 aliphatic rings. The first-order chi connectivity index (χ1) is 12.6. The molecule has 0 aliphatic carbocycles. The molecule has 6 nitrogen and oxygen atoms in total. The van der Waals surface area contributed by atoms with Crippen LogP contribution in [0.1, 0.15) is 26.7 Å². The van der Waals surface area contributed by atoms with Crippen LogP contribution in [0.5, 0.6) is 5.75 Å². The number of hydrogen-bond donors (Lipinski definition) is 2. The van der Waals surface area contributed by atoms with Crippen LogP contribution >= 0.6 is 24.0 Å². The van der Waals surface area contributed by atoms with Gasteiger partial charge in [0.2, 0.25) is 0 Å². The molecule has 1 fully saturated rings. The molecule has 2 rings (SSSR count). The summed E-state index contributed by atoms with van der Waals surface area (Å²) < 4.78 is 29.9. The lowest BCUT2D eigenvalue weighted by Crippen LogP contribution is -2.45. The molecule has 0 aromatic heterocycles. The van der Waals surface area contributed by atoms with Crippen molar-refractivity contribution in [3.8, 4) is 5.75 Å². The molecule has 1 heterocycles. The summed E-state index contributed by atoms with van der Waals surface area (Å²) in [5, 5.41) is 6.52. The van der Waals surface area contributed by atoms with Gasteiger partial charge in [-0.3, -0.25) is 4.99 Å². The van der Waals surface area contributed by atoms with Gasteiger partial charge in [-0.2, -0.15) is 0 Å². The predicted molar refractivity (Wildman–Crippen MR) is 116 cm³/mol. The summed E-state index contributed by atoms with van der Waals surface area (Å²) in [4.78, 5) is 4.68. The highest BCUT2D eigenvalue weighted by Crippen LogP contribution is 2.24. The number of rotatable bonds is 8. The Morgan fingerprint density at radius 1 is 1.26 bits per heavy atom. The Morgan fingerprint density at radius 3 is 2.52 bits per heavy atom. The average Bonchev–Trinajstić information content (AvgIpc) is 2.66. The minimum absolute atomic E-state index is 0. The Bertz CT molecular complexity index is 566. The standard InChI is InChI=1S/C19H30FN3O3.HI/c1-4-21-18(23-14-19(24-3)9-11-25-12-10-19)22-13-15(2)26-17-7-5-16(20)6-8-17;/h5-8,15H,4,9-14H2,1-3H3,(H2,21,22,23);1H. The molecule has 1 aromatic rings. The van der Waals surface area contributed by atoms with Crippen LogP contribution < -0.4 is 15.4 Å². The largest absolute Gasteiger partial charge is 0.489 e. The van der Waals surface area contributed by atoms with Crippen LogP contribution in [0.4, 0.5) is 4.39 Å². The second kappa shape index (κ2) is 12.4. The highest BCUT2D eigenvalue weighted by atomic mass is 127. The Labute approximate surface area is 178 Å². The molecule has 0 radical (unpaired) electrons. The van der Waals surface area contributed by atoms with E-state index in [0.717, 1.165) is 25.3 Å². The highest BCUT2D eigenvalue weighted by Gasteiger charge is 2.32. The van der Waals surface area contributed by atoms with Gasteiger partial charge < -0.3 is 24.8 Å². The van der Waals surface area contributed by atoms with E-state index in [2.05, 4.69) is 15.6 Å². The van der Waals surface area contributed by atoms with Gasteiger partial charge in [0.15, 0.2) is 5.96 Å². The van der Waals surface area contributed by atoms with Crippen LogP contribution in [0.2, 0.25) is 0 Å². The number of aliphatic imine (C=N–C) groups is 1. The molecule has 2 N–H and O–H groups in total. The first-order valence-corrected chi connectivity index (χ1v) is 9.14. The maximum absolute atomic E-state index is 13.0. The molecule has 0 saturated carbocycles.